The number of ketones is 1. The Bertz CT molecular complexity index is 967. The Balaban J connectivity index is 1.81. The number of rotatable bonds is 5. The van der Waals surface area contributed by atoms with Gasteiger partial charge in [-0.15, -0.1) is 0 Å². The van der Waals surface area contributed by atoms with Gasteiger partial charge in [-0.05, 0) is 49.8 Å². The maximum absolute atomic E-state index is 12.4. The zero-order valence-corrected chi connectivity index (χ0v) is 15.1. The molecule has 5 nitrogen and oxygen atoms in total. The molecule has 0 fully saturated rings. The second kappa shape index (κ2) is 7.11. The molecule has 1 aliphatic heterocycles. The van der Waals surface area contributed by atoms with Gasteiger partial charge in [0.05, 0.1) is 12.0 Å². The average molecular weight is 364 g/mol. The summed E-state index contributed by atoms with van der Waals surface area (Å²) in [7, 11) is 0. The minimum atomic E-state index is -1.07. The van der Waals surface area contributed by atoms with Crippen molar-refractivity contribution in [1.29, 1.82) is 0 Å². The van der Waals surface area contributed by atoms with Crippen LogP contribution in [0.2, 0.25) is 0 Å². The van der Waals surface area contributed by atoms with Crippen molar-refractivity contribution in [3.8, 4) is 11.5 Å². The number of hydrogen-bond acceptors (Lipinski definition) is 4. The van der Waals surface area contributed by atoms with Gasteiger partial charge in [0, 0.05) is 11.1 Å². The van der Waals surface area contributed by atoms with Crippen LogP contribution < -0.4 is 4.74 Å². The first-order valence-corrected chi connectivity index (χ1v) is 8.52. The Labute approximate surface area is 157 Å². The summed E-state index contributed by atoms with van der Waals surface area (Å²) in [5.41, 5.74) is 1.68. The standard InChI is InChI=1S/C22H20O5/c1-22(2)11-10-15-12-14(7-9-19(15)27-22)6-8-18(23)17-5-3-4-16(21(17)26)13-20(24)25/h3-12,26H,13H2,1-2H3,(H,24,25). The minimum absolute atomic E-state index is 0.0768. The Morgan fingerprint density at radius 1 is 1.19 bits per heavy atom. The summed E-state index contributed by atoms with van der Waals surface area (Å²) < 4.78 is 5.87. The minimum Gasteiger partial charge on any atom is -0.507 e. The van der Waals surface area contributed by atoms with Crippen molar-refractivity contribution in [3.63, 3.8) is 0 Å². The first kappa shape index (κ1) is 18.5. The van der Waals surface area contributed by atoms with Gasteiger partial charge in [0.15, 0.2) is 5.78 Å². The van der Waals surface area contributed by atoms with Gasteiger partial charge in [-0.2, -0.15) is 0 Å². The molecule has 0 saturated carbocycles. The van der Waals surface area contributed by atoms with Crippen LogP contribution in [0, 0.1) is 0 Å². The lowest BCUT2D eigenvalue weighted by atomic mass is 10.00. The number of carboxylic acid groups (broad SMARTS) is 1. The van der Waals surface area contributed by atoms with Crippen LogP contribution in [0.25, 0.3) is 12.2 Å². The number of phenols is 1. The predicted molar refractivity (Wildman–Crippen MR) is 103 cm³/mol. The van der Waals surface area contributed by atoms with E-state index in [1.54, 1.807) is 12.1 Å². The Hall–Kier alpha value is -3.34. The number of aromatic hydroxyl groups is 1. The van der Waals surface area contributed by atoms with Gasteiger partial charge in [-0.3, -0.25) is 9.59 Å². The van der Waals surface area contributed by atoms with E-state index >= 15 is 0 Å². The number of fused-ring (bicyclic) bond motifs is 1. The fourth-order valence-electron chi connectivity index (χ4n) is 2.86. The number of benzene rings is 2. The van der Waals surface area contributed by atoms with E-state index in [-0.39, 0.29) is 28.9 Å². The van der Waals surface area contributed by atoms with Crippen molar-refractivity contribution in [2.24, 2.45) is 0 Å². The third-order valence-corrected chi connectivity index (χ3v) is 4.22. The van der Waals surface area contributed by atoms with E-state index in [1.807, 2.05) is 44.2 Å². The zero-order chi connectivity index (χ0) is 19.6. The Kier molecular flexibility index (Phi) is 4.86. The molecular formula is C22H20O5. The van der Waals surface area contributed by atoms with Crippen molar-refractivity contribution in [3.05, 3.63) is 70.8 Å². The summed E-state index contributed by atoms with van der Waals surface area (Å²) in [6, 6.07) is 10.1. The third-order valence-electron chi connectivity index (χ3n) is 4.22. The highest BCUT2D eigenvalue weighted by atomic mass is 16.5. The van der Waals surface area contributed by atoms with Crippen LogP contribution in [0.4, 0.5) is 0 Å². The lowest BCUT2D eigenvalue weighted by molar-refractivity contribution is -0.136. The topological polar surface area (TPSA) is 83.8 Å². The number of aliphatic carboxylic acids is 1. The van der Waals surface area contributed by atoms with Crippen LogP contribution in [0.5, 0.6) is 11.5 Å². The third kappa shape index (κ3) is 4.26. The number of carbonyl (C=O) groups is 2. The smallest absolute Gasteiger partial charge is 0.307 e. The molecule has 0 radical (unpaired) electrons. The summed E-state index contributed by atoms with van der Waals surface area (Å²) in [6.45, 7) is 3.95. The fraction of sp³-hybridized carbons (Fsp3) is 0.182. The van der Waals surface area contributed by atoms with Gasteiger partial charge in [0.25, 0.3) is 0 Å². The molecule has 2 N–H and O–H groups in total. The van der Waals surface area contributed by atoms with Gasteiger partial charge < -0.3 is 14.9 Å². The van der Waals surface area contributed by atoms with Crippen LogP contribution in [0.15, 0.2) is 48.6 Å². The highest BCUT2D eigenvalue weighted by Crippen LogP contribution is 2.31. The normalized spacial score (nSPS) is 14.6. The van der Waals surface area contributed by atoms with E-state index in [0.717, 1.165) is 16.9 Å². The molecule has 0 unspecified atom stereocenters. The molecular weight excluding hydrogens is 344 g/mol. The van der Waals surface area contributed by atoms with Crippen molar-refractivity contribution >= 4 is 23.9 Å². The molecule has 2 aromatic carbocycles. The maximum Gasteiger partial charge on any atom is 0.307 e. The van der Waals surface area contributed by atoms with Crippen LogP contribution in [-0.4, -0.2) is 27.6 Å². The Morgan fingerprint density at radius 2 is 1.96 bits per heavy atom. The molecule has 0 spiro atoms. The van der Waals surface area contributed by atoms with E-state index in [2.05, 4.69) is 0 Å². The predicted octanol–water partition coefficient (Wildman–Crippen LogP) is 4.10. The van der Waals surface area contributed by atoms with Gasteiger partial charge in [0.2, 0.25) is 0 Å². The molecule has 0 aliphatic carbocycles. The summed E-state index contributed by atoms with van der Waals surface area (Å²) in [5.74, 6) is -0.980. The molecule has 0 saturated heterocycles. The number of carbonyl (C=O) groups excluding carboxylic acids is 1. The highest BCUT2D eigenvalue weighted by molar-refractivity contribution is 6.09. The molecule has 3 rings (SSSR count). The molecule has 1 aliphatic rings. The Morgan fingerprint density at radius 3 is 2.70 bits per heavy atom. The van der Waals surface area contributed by atoms with Gasteiger partial charge >= 0.3 is 5.97 Å². The van der Waals surface area contributed by atoms with E-state index in [9.17, 15) is 14.7 Å². The summed E-state index contributed by atoms with van der Waals surface area (Å²) in [5, 5.41) is 19.0. The molecule has 0 aromatic heterocycles. The van der Waals surface area contributed by atoms with Crippen LogP contribution in [0.1, 0.15) is 40.9 Å². The largest absolute Gasteiger partial charge is 0.507 e. The second-order valence-corrected chi connectivity index (χ2v) is 6.92. The summed E-state index contributed by atoms with van der Waals surface area (Å²) in [4.78, 5) is 23.3. The average Bonchev–Trinajstić information content (AvgIpc) is 2.60. The number of para-hydroxylation sites is 1. The lowest BCUT2D eigenvalue weighted by Crippen LogP contribution is -2.27. The van der Waals surface area contributed by atoms with Crippen LogP contribution >= 0.6 is 0 Å². The summed E-state index contributed by atoms with van der Waals surface area (Å²) in [6.07, 6.45) is 6.63. The SMILES string of the molecule is CC1(C)C=Cc2cc(C=CC(=O)c3cccc(CC(=O)O)c3O)ccc2O1. The van der Waals surface area contributed by atoms with E-state index < -0.39 is 11.8 Å². The lowest BCUT2D eigenvalue weighted by Gasteiger charge is -2.27. The molecule has 1 heterocycles. The number of ether oxygens (including phenoxy) is 1. The quantitative estimate of drug-likeness (QED) is 0.616. The van der Waals surface area contributed by atoms with E-state index in [4.69, 9.17) is 9.84 Å². The van der Waals surface area contributed by atoms with Gasteiger partial charge in [0.1, 0.15) is 17.1 Å². The molecule has 5 heteroatoms. The monoisotopic (exact) mass is 364 g/mol. The van der Waals surface area contributed by atoms with Crippen molar-refractivity contribution < 1.29 is 24.5 Å². The highest BCUT2D eigenvalue weighted by Gasteiger charge is 2.21. The van der Waals surface area contributed by atoms with Gasteiger partial charge in [-0.1, -0.05) is 30.4 Å². The number of allylic oxidation sites excluding steroid dienone is 1. The molecule has 27 heavy (non-hydrogen) atoms. The molecule has 2 aromatic rings. The number of carboxylic acids is 1. The molecule has 0 atom stereocenters. The van der Waals surface area contributed by atoms with E-state index in [1.165, 1.54) is 18.2 Å². The maximum atomic E-state index is 12.4. The second-order valence-electron chi connectivity index (χ2n) is 6.92. The van der Waals surface area contributed by atoms with Gasteiger partial charge in [-0.25, -0.2) is 0 Å². The fourth-order valence-corrected chi connectivity index (χ4v) is 2.86. The summed E-state index contributed by atoms with van der Waals surface area (Å²) >= 11 is 0. The first-order chi connectivity index (χ1) is 12.7. The van der Waals surface area contributed by atoms with Crippen molar-refractivity contribution in [1.82, 2.24) is 0 Å². The van der Waals surface area contributed by atoms with Crippen molar-refractivity contribution in [2.45, 2.75) is 25.9 Å². The molecule has 138 valence electrons. The molecule has 0 bridgehead atoms. The van der Waals surface area contributed by atoms with Crippen molar-refractivity contribution in [2.75, 3.05) is 0 Å². The van der Waals surface area contributed by atoms with Crippen LogP contribution in [-0.2, 0) is 11.2 Å². The molecule has 0 amide bonds. The number of phenolic OH excluding ortho intramolecular Hbond substituents is 1. The number of hydrogen-bond donors (Lipinski definition) is 2. The van der Waals surface area contributed by atoms with Crippen LogP contribution in [0.3, 0.4) is 0 Å². The van der Waals surface area contributed by atoms with E-state index in [0.29, 0.717) is 0 Å². The zero-order valence-electron chi connectivity index (χ0n) is 15.1. The first-order valence-electron chi connectivity index (χ1n) is 8.52.